The highest BCUT2D eigenvalue weighted by Gasteiger charge is 2.31. The first kappa shape index (κ1) is 12.7. The van der Waals surface area contributed by atoms with Crippen LogP contribution < -0.4 is 11.1 Å². The van der Waals surface area contributed by atoms with Gasteiger partial charge in [-0.15, -0.1) is 0 Å². The molecule has 1 amide bonds. The van der Waals surface area contributed by atoms with E-state index in [4.69, 9.17) is 22.1 Å². The lowest BCUT2D eigenvalue weighted by Crippen LogP contribution is -2.24. The molecule has 1 aliphatic rings. The Bertz CT molecular complexity index is 504. The van der Waals surface area contributed by atoms with Gasteiger partial charge < -0.3 is 15.8 Å². The van der Waals surface area contributed by atoms with Crippen molar-refractivity contribution in [1.82, 2.24) is 0 Å². The van der Waals surface area contributed by atoms with Crippen molar-refractivity contribution in [3.8, 4) is 0 Å². The van der Waals surface area contributed by atoms with Gasteiger partial charge in [-0.2, -0.15) is 0 Å². The summed E-state index contributed by atoms with van der Waals surface area (Å²) in [5, 5.41) is 3.29. The van der Waals surface area contributed by atoms with Crippen molar-refractivity contribution >= 4 is 29.2 Å². The Hall–Kier alpha value is -1.75. The summed E-state index contributed by atoms with van der Waals surface area (Å²) < 4.78 is 5.03. The van der Waals surface area contributed by atoms with E-state index in [0.717, 1.165) is 0 Å². The van der Waals surface area contributed by atoms with Gasteiger partial charge in [-0.1, -0.05) is 11.6 Å². The van der Waals surface area contributed by atoms with Crippen molar-refractivity contribution in [1.29, 1.82) is 0 Å². The summed E-state index contributed by atoms with van der Waals surface area (Å²) in [6.07, 6.45) is 0.491. The SMILES string of the molecule is CC1CC(Nc2ccc(Cl)c(C(N)=O)c2)C(=O)O1. The van der Waals surface area contributed by atoms with E-state index in [1.807, 2.05) is 6.92 Å². The van der Waals surface area contributed by atoms with Crippen LogP contribution in [0.2, 0.25) is 5.02 Å². The van der Waals surface area contributed by atoms with Crippen LogP contribution in [-0.2, 0) is 9.53 Å². The standard InChI is InChI=1S/C12H13ClN2O3/c1-6-4-10(12(17)18-6)15-7-2-3-9(13)8(5-7)11(14)16/h2-3,5-6,10,15H,4H2,1H3,(H2,14,16). The molecule has 2 rings (SSSR count). The maximum absolute atomic E-state index is 11.5. The number of amides is 1. The van der Waals surface area contributed by atoms with E-state index in [1.54, 1.807) is 12.1 Å². The number of primary amides is 1. The number of hydrogen-bond acceptors (Lipinski definition) is 4. The van der Waals surface area contributed by atoms with E-state index >= 15 is 0 Å². The molecule has 0 aliphatic carbocycles. The molecule has 1 aromatic carbocycles. The van der Waals surface area contributed by atoms with Crippen LogP contribution in [0.1, 0.15) is 23.7 Å². The number of nitrogens with two attached hydrogens (primary N) is 1. The molecule has 1 aliphatic heterocycles. The number of carbonyl (C=O) groups excluding carboxylic acids is 2. The molecule has 96 valence electrons. The van der Waals surface area contributed by atoms with E-state index in [9.17, 15) is 9.59 Å². The topological polar surface area (TPSA) is 81.4 Å². The molecular weight excluding hydrogens is 256 g/mol. The molecule has 2 atom stereocenters. The van der Waals surface area contributed by atoms with Gasteiger partial charge in [-0.3, -0.25) is 4.79 Å². The third kappa shape index (κ3) is 2.56. The summed E-state index contributed by atoms with van der Waals surface area (Å²) in [5.74, 6) is -0.899. The zero-order chi connectivity index (χ0) is 13.3. The van der Waals surface area contributed by atoms with Gasteiger partial charge in [0.15, 0.2) is 0 Å². The molecule has 0 aromatic heterocycles. The molecule has 1 saturated heterocycles. The molecule has 0 bridgehead atoms. The third-order valence-electron chi connectivity index (χ3n) is 2.74. The number of nitrogens with one attached hydrogen (secondary N) is 1. The average molecular weight is 269 g/mol. The van der Waals surface area contributed by atoms with Crippen molar-refractivity contribution in [3.05, 3.63) is 28.8 Å². The Kier molecular flexibility index (Phi) is 3.43. The molecule has 0 saturated carbocycles. The summed E-state index contributed by atoms with van der Waals surface area (Å²) in [6.45, 7) is 1.83. The van der Waals surface area contributed by atoms with E-state index in [2.05, 4.69) is 5.32 Å². The first-order chi connectivity index (χ1) is 8.47. The molecule has 2 unspecified atom stereocenters. The van der Waals surface area contributed by atoms with E-state index in [0.29, 0.717) is 12.1 Å². The zero-order valence-electron chi connectivity index (χ0n) is 9.77. The van der Waals surface area contributed by atoms with Crippen molar-refractivity contribution in [2.24, 2.45) is 5.73 Å². The predicted molar refractivity (Wildman–Crippen MR) is 67.6 cm³/mol. The Labute approximate surface area is 109 Å². The fraction of sp³-hybridized carbons (Fsp3) is 0.333. The monoisotopic (exact) mass is 268 g/mol. The van der Waals surface area contributed by atoms with Crippen LogP contribution in [-0.4, -0.2) is 24.0 Å². The minimum Gasteiger partial charge on any atom is -0.461 e. The number of benzene rings is 1. The molecule has 0 radical (unpaired) electrons. The van der Waals surface area contributed by atoms with Gasteiger partial charge in [-0.05, 0) is 25.1 Å². The highest BCUT2D eigenvalue weighted by atomic mass is 35.5. The summed E-state index contributed by atoms with van der Waals surface area (Å²) in [7, 11) is 0. The lowest BCUT2D eigenvalue weighted by molar-refractivity contribution is -0.141. The number of esters is 1. The van der Waals surface area contributed by atoms with Gasteiger partial charge >= 0.3 is 5.97 Å². The van der Waals surface area contributed by atoms with Crippen LogP contribution in [0, 0.1) is 0 Å². The second-order valence-electron chi connectivity index (χ2n) is 4.24. The molecule has 3 N–H and O–H groups in total. The fourth-order valence-corrected chi connectivity index (χ4v) is 2.09. The first-order valence-electron chi connectivity index (χ1n) is 5.53. The Balaban J connectivity index is 2.17. The van der Waals surface area contributed by atoms with Crippen molar-refractivity contribution in [2.75, 3.05) is 5.32 Å². The molecule has 18 heavy (non-hydrogen) atoms. The lowest BCUT2D eigenvalue weighted by atomic mass is 10.1. The maximum Gasteiger partial charge on any atom is 0.328 e. The van der Waals surface area contributed by atoms with Gasteiger partial charge in [0.25, 0.3) is 0 Å². The molecule has 1 aromatic rings. The lowest BCUT2D eigenvalue weighted by Gasteiger charge is -2.11. The third-order valence-corrected chi connectivity index (χ3v) is 3.07. The summed E-state index contributed by atoms with van der Waals surface area (Å²) in [6, 6.07) is 4.38. The van der Waals surface area contributed by atoms with Crippen molar-refractivity contribution in [3.63, 3.8) is 0 Å². The Morgan fingerprint density at radius 2 is 2.28 bits per heavy atom. The quantitative estimate of drug-likeness (QED) is 0.815. The maximum atomic E-state index is 11.5. The van der Waals surface area contributed by atoms with Crippen LogP contribution in [0.25, 0.3) is 0 Å². The van der Waals surface area contributed by atoms with Crippen molar-refractivity contribution in [2.45, 2.75) is 25.5 Å². The molecule has 1 fully saturated rings. The number of rotatable bonds is 3. The zero-order valence-corrected chi connectivity index (χ0v) is 10.5. The summed E-state index contributed by atoms with van der Waals surface area (Å²) in [4.78, 5) is 22.6. The minimum absolute atomic E-state index is 0.0992. The van der Waals surface area contributed by atoms with Crippen LogP contribution in [0.3, 0.4) is 0 Å². The van der Waals surface area contributed by atoms with Gasteiger partial charge in [0.2, 0.25) is 5.91 Å². The van der Waals surface area contributed by atoms with Crippen LogP contribution in [0.15, 0.2) is 18.2 Å². The number of hydrogen-bond donors (Lipinski definition) is 2. The van der Waals surface area contributed by atoms with Crippen LogP contribution in [0.4, 0.5) is 5.69 Å². The minimum atomic E-state index is -0.606. The van der Waals surface area contributed by atoms with E-state index in [1.165, 1.54) is 6.07 Å². The van der Waals surface area contributed by atoms with Gasteiger partial charge in [-0.25, -0.2) is 4.79 Å². The fourth-order valence-electron chi connectivity index (χ4n) is 1.88. The predicted octanol–water partition coefficient (Wildman–Crippen LogP) is 1.55. The number of ether oxygens (including phenoxy) is 1. The van der Waals surface area contributed by atoms with Crippen LogP contribution >= 0.6 is 11.6 Å². The molecule has 5 nitrogen and oxygen atoms in total. The number of cyclic esters (lactones) is 1. The number of halogens is 1. The van der Waals surface area contributed by atoms with E-state index < -0.39 is 11.9 Å². The van der Waals surface area contributed by atoms with Crippen LogP contribution in [0.5, 0.6) is 0 Å². The Morgan fingerprint density at radius 1 is 1.56 bits per heavy atom. The second kappa shape index (κ2) is 4.86. The van der Waals surface area contributed by atoms with Gasteiger partial charge in [0, 0.05) is 12.1 Å². The molecule has 6 heteroatoms. The summed E-state index contributed by atoms with van der Waals surface area (Å²) >= 11 is 5.84. The van der Waals surface area contributed by atoms with Gasteiger partial charge in [0.1, 0.15) is 12.1 Å². The number of carbonyl (C=O) groups is 2. The highest BCUT2D eigenvalue weighted by Crippen LogP contribution is 2.23. The first-order valence-corrected chi connectivity index (χ1v) is 5.91. The van der Waals surface area contributed by atoms with E-state index in [-0.39, 0.29) is 22.7 Å². The molecular formula is C12H13ClN2O3. The van der Waals surface area contributed by atoms with Crippen molar-refractivity contribution < 1.29 is 14.3 Å². The second-order valence-corrected chi connectivity index (χ2v) is 4.65. The normalized spacial score (nSPS) is 22.7. The smallest absolute Gasteiger partial charge is 0.328 e. The molecule has 1 heterocycles. The molecule has 0 spiro atoms. The highest BCUT2D eigenvalue weighted by molar-refractivity contribution is 6.33. The average Bonchev–Trinajstić information content (AvgIpc) is 2.60. The summed E-state index contributed by atoms with van der Waals surface area (Å²) in [5.41, 5.74) is 6.04. The van der Waals surface area contributed by atoms with Gasteiger partial charge in [0.05, 0.1) is 10.6 Å². The Morgan fingerprint density at radius 3 is 2.83 bits per heavy atom. The number of anilines is 1. The largest absolute Gasteiger partial charge is 0.461 e.